The van der Waals surface area contributed by atoms with Crippen LogP contribution in [0.1, 0.15) is 12.0 Å². The van der Waals surface area contributed by atoms with E-state index in [2.05, 4.69) is 4.98 Å². The summed E-state index contributed by atoms with van der Waals surface area (Å²) < 4.78 is 24.7. The smallest absolute Gasteiger partial charge is 0.267 e. The molecule has 0 bridgehead atoms. The second-order valence-electron chi connectivity index (χ2n) is 2.13. The first-order valence-electron chi connectivity index (χ1n) is 3.01. The molecule has 0 spiro atoms. The van der Waals surface area contributed by atoms with E-state index < -0.39 is 6.43 Å². The van der Waals surface area contributed by atoms with Crippen molar-refractivity contribution < 1.29 is 8.78 Å². The summed E-state index contributed by atoms with van der Waals surface area (Å²) in [6.07, 6.45) is -1.61. The van der Waals surface area contributed by atoms with Gasteiger partial charge in [-0.15, -0.1) is 0 Å². The van der Waals surface area contributed by atoms with E-state index in [0.717, 1.165) is 6.20 Å². The molecule has 0 saturated carbocycles. The summed E-state index contributed by atoms with van der Waals surface area (Å²) >= 11 is 1.78. The molecule has 0 saturated heterocycles. The summed E-state index contributed by atoms with van der Waals surface area (Å²) in [7, 11) is 0. The van der Waals surface area contributed by atoms with Crippen molar-refractivity contribution in [3.63, 3.8) is 0 Å². The Kier molecular flexibility index (Phi) is 2.65. The average Bonchev–Trinajstić information content (AvgIpc) is 2.00. The van der Waals surface area contributed by atoms with Crippen LogP contribution in [0, 0.1) is 3.57 Å². The zero-order chi connectivity index (χ0) is 9.30. The summed E-state index contributed by atoms with van der Waals surface area (Å²) in [5.74, 6) is 0.178. The Balaban J connectivity index is 3.27. The second-order valence-corrected chi connectivity index (χ2v) is 3.21. The number of anilines is 2. The average molecular weight is 285 g/mol. The van der Waals surface area contributed by atoms with E-state index in [4.69, 9.17) is 11.5 Å². The van der Waals surface area contributed by atoms with Gasteiger partial charge in [0.25, 0.3) is 6.43 Å². The highest BCUT2D eigenvalue weighted by molar-refractivity contribution is 14.1. The topological polar surface area (TPSA) is 64.9 Å². The Morgan fingerprint density at radius 2 is 2.00 bits per heavy atom. The molecule has 1 rings (SSSR count). The van der Waals surface area contributed by atoms with Gasteiger partial charge in [0.2, 0.25) is 0 Å². The van der Waals surface area contributed by atoms with Crippen molar-refractivity contribution in [2.45, 2.75) is 6.43 Å². The fraction of sp³-hybridized carbons (Fsp3) is 0.167. The van der Waals surface area contributed by atoms with Crippen molar-refractivity contribution in [3.05, 3.63) is 15.3 Å². The van der Waals surface area contributed by atoms with Crippen molar-refractivity contribution in [2.75, 3.05) is 11.5 Å². The first-order chi connectivity index (χ1) is 5.54. The van der Waals surface area contributed by atoms with E-state index in [-0.39, 0.29) is 17.1 Å². The number of hydrogen-bond acceptors (Lipinski definition) is 3. The van der Waals surface area contributed by atoms with Crippen LogP contribution < -0.4 is 11.5 Å². The zero-order valence-electron chi connectivity index (χ0n) is 5.89. The number of alkyl halides is 2. The van der Waals surface area contributed by atoms with Crippen molar-refractivity contribution >= 4 is 34.1 Å². The fourth-order valence-electron chi connectivity index (χ4n) is 0.704. The van der Waals surface area contributed by atoms with Gasteiger partial charge in [-0.05, 0) is 22.6 Å². The molecule has 1 heterocycles. The molecule has 0 radical (unpaired) electrons. The molecule has 0 aliphatic heterocycles. The van der Waals surface area contributed by atoms with E-state index in [9.17, 15) is 8.78 Å². The van der Waals surface area contributed by atoms with Crippen molar-refractivity contribution in [3.8, 4) is 0 Å². The maximum absolute atomic E-state index is 12.2. The first-order valence-corrected chi connectivity index (χ1v) is 4.09. The molecule has 3 nitrogen and oxygen atoms in total. The van der Waals surface area contributed by atoms with E-state index >= 15 is 0 Å². The van der Waals surface area contributed by atoms with Gasteiger partial charge < -0.3 is 11.5 Å². The molecule has 66 valence electrons. The van der Waals surface area contributed by atoms with Gasteiger partial charge in [0, 0.05) is 6.20 Å². The third-order valence-electron chi connectivity index (χ3n) is 1.35. The van der Waals surface area contributed by atoms with Crippen LogP contribution in [0.5, 0.6) is 0 Å². The van der Waals surface area contributed by atoms with Crippen LogP contribution in [-0.2, 0) is 0 Å². The van der Waals surface area contributed by atoms with Gasteiger partial charge in [-0.1, -0.05) is 0 Å². The summed E-state index contributed by atoms with van der Waals surface area (Å²) in [4.78, 5) is 3.57. The SMILES string of the molecule is Nc1ncc(C(F)F)c(N)c1I. The first kappa shape index (κ1) is 9.43. The fourth-order valence-corrected chi connectivity index (χ4v) is 1.15. The van der Waals surface area contributed by atoms with E-state index in [1.165, 1.54) is 0 Å². The molecular formula is C6H6F2IN3. The van der Waals surface area contributed by atoms with Crippen molar-refractivity contribution in [1.29, 1.82) is 0 Å². The summed E-state index contributed by atoms with van der Waals surface area (Å²) in [5, 5.41) is 0. The minimum atomic E-state index is -2.60. The summed E-state index contributed by atoms with van der Waals surface area (Å²) in [6.45, 7) is 0. The Hall–Kier alpha value is -0.660. The molecule has 12 heavy (non-hydrogen) atoms. The van der Waals surface area contributed by atoms with Crippen molar-refractivity contribution in [1.82, 2.24) is 4.98 Å². The normalized spacial score (nSPS) is 10.7. The van der Waals surface area contributed by atoms with Gasteiger partial charge in [0.15, 0.2) is 0 Å². The molecule has 0 atom stereocenters. The molecule has 4 N–H and O–H groups in total. The highest BCUT2D eigenvalue weighted by Crippen LogP contribution is 2.29. The molecular weight excluding hydrogens is 279 g/mol. The second kappa shape index (κ2) is 3.38. The molecule has 0 unspecified atom stereocenters. The molecule has 0 aliphatic rings. The molecule has 0 aromatic carbocycles. The van der Waals surface area contributed by atoms with Crippen LogP contribution in [0.25, 0.3) is 0 Å². The van der Waals surface area contributed by atoms with Crippen molar-refractivity contribution in [2.24, 2.45) is 0 Å². The molecule has 1 aromatic rings. The minimum Gasteiger partial charge on any atom is -0.397 e. The molecule has 0 aliphatic carbocycles. The Morgan fingerprint density at radius 3 is 2.50 bits per heavy atom. The van der Waals surface area contributed by atoms with Gasteiger partial charge in [-0.3, -0.25) is 0 Å². The lowest BCUT2D eigenvalue weighted by molar-refractivity contribution is 0.152. The number of nitrogens with two attached hydrogens (primary N) is 2. The van der Waals surface area contributed by atoms with E-state index in [1.54, 1.807) is 22.6 Å². The number of hydrogen-bond donors (Lipinski definition) is 2. The predicted molar refractivity (Wildman–Crippen MR) is 50.7 cm³/mol. The zero-order valence-corrected chi connectivity index (χ0v) is 8.05. The molecule has 1 aromatic heterocycles. The monoisotopic (exact) mass is 285 g/mol. The number of rotatable bonds is 1. The lowest BCUT2D eigenvalue weighted by atomic mass is 10.2. The quantitative estimate of drug-likeness (QED) is 0.773. The van der Waals surface area contributed by atoms with Crippen LogP contribution in [-0.4, -0.2) is 4.98 Å². The van der Waals surface area contributed by atoms with Crippen LogP contribution >= 0.6 is 22.6 Å². The summed E-state index contributed by atoms with van der Waals surface area (Å²) in [6, 6.07) is 0. The van der Waals surface area contributed by atoms with Gasteiger partial charge in [-0.25, -0.2) is 13.8 Å². The van der Waals surface area contributed by atoms with Gasteiger partial charge >= 0.3 is 0 Å². The lowest BCUT2D eigenvalue weighted by Crippen LogP contribution is -2.03. The highest BCUT2D eigenvalue weighted by Gasteiger charge is 2.15. The molecule has 6 heteroatoms. The van der Waals surface area contributed by atoms with Gasteiger partial charge in [0.05, 0.1) is 14.8 Å². The number of pyridine rings is 1. The molecule has 0 amide bonds. The summed E-state index contributed by atoms with van der Waals surface area (Å²) in [5.41, 5.74) is 10.5. The molecule has 0 fully saturated rings. The Labute approximate surface area is 81.3 Å². The predicted octanol–water partition coefficient (Wildman–Crippen LogP) is 1.79. The van der Waals surface area contributed by atoms with Crippen LogP contribution in [0.3, 0.4) is 0 Å². The maximum Gasteiger partial charge on any atom is 0.267 e. The lowest BCUT2D eigenvalue weighted by Gasteiger charge is -2.06. The van der Waals surface area contributed by atoms with Gasteiger partial charge in [-0.2, -0.15) is 0 Å². The Morgan fingerprint density at radius 1 is 1.42 bits per heavy atom. The van der Waals surface area contributed by atoms with Crippen LogP contribution in [0.4, 0.5) is 20.3 Å². The van der Waals surface area contributed by atoms with Crippen LogP contribution in [0.15, 0.2) is 6.20 Å². The largest absolute Gasteiger partial charge is 0.397 e. The number of halogens is 3. The highest BCUT2D eigenvalue weighted by atomic mass is 127. The third kappa shape index (κ3) is 1.57. The Bertz CT molecular complexity index is 303. The number of aromatic nitrogens is 1. The third-order valence-corrected chi connectivity index (χ3v) is 2.48. The maximum atomic E-state index is 12.2. The standard InChI is InChI=1S/C6H6F2IN3/c7-5(8)2-1-12-6(11)3(9)4(2)10/h1,5H,(H4,10,11,12). The number of nitrogen functional groups attached to an aromatic ring is 2. The van der Waals surface area contributed by atoms with Crippen LogP contribution in [0.2, 0.25) is 0 Å². The van der Waals surface area contributed by atoms with E-state index in [0.29, 0.717) is 3.57 Å². The van der Waals surface area contributed by atoms with E-state index in [1.807, 2.05) is 0 Å². The van der Waals surface area contributed by atoms with Gasteiger partial charge in [0.1, 0.15) is 5.82 Å². The minimum absolute atomic E-state index is 0.0121. The number of nitrogens with zero attached hydrogens (tertiary/aromatic N) is 1.